The van der Waals surface area contributed by atoms with Crippen molar-refractivity contribution < 1.29 is 9.32 Å². The second kappa shape index (κ2) is 7.03. The van der Waals surface area contributed by atoms with Gasteiger partial charge in [-0.1, -0.05) is 5.16 Å². The van der Waals surface area contributed by atoms with Crippen molar-refractivity contribution in [1.29, 1.82) is 0 Å². The third kappa shape index (κ3) is 5.03. The van der Waals surface area contributed by atoms with E-state index < -0.39 is 0 Å². The minimum Gasteiger partial charge on any atom is -0.360 e. The SMILES string of the molecule is Cc1cnn(C[C@H](C)NCCC(=O)Nc2cc(C)on2)c1. The average molecular weight is 291 g/mol. The lowest BCUT2D eigenvalue weighted by molar-refractivity contribution is -0.116. The van der Waals surface area contributed by atoms with E-state index in [2.05, 4.69) is 27.8 Å². The molecule has 7 heteroatoms. The summed E-state index contributed by atoms with van der Waals surface area (Å²) in [5, 5.41) is 13.9. The third-order valence-corrected chi connectivity index (χ3v) is 2.96. The summed E-state index contributed by atoms with van der Waals surface area (Å²) >= 11 is 0. The van der Waals surface area contributed by atoms with E-state index in [1.807, 2.05) is 24.0 Å². The van der Waals surface area contributed by atoms with Crippen molar-refractivity contribution in [2.45, 2.75) is 39.8 Å². The number of aromatic nitrogens is 3. The minimum atomic E-state index is -0.0852. The van der Waals surface area contributed by atoms with Gasteiger partial charge in [0.1, 0.15) is 5.76 Å². The molecule has 7 nitrogen and oxygen atoms in total. The molecule has 0 saturated heterocycles. The maximum atomic E-state index is 11.7. The van der Waals surface area contributed by atoms with E-state index in [1.54, 1.807) is 13.0 Å². The summed E-state index contributed by atoms with van der Waals surface area (Å²) in [6.45, 7) is 7.23. The predicted molar refractivity (Wildman–Crippen MR) is 78.9 cm³/mol. The molecule has 1 amide bonds. The van der Waals surface area contributed by atoms with Gasteiger partial charge in [0, 0.05) is 31.3 Å². The number of amides is 1. The maximum Gasteiger partial charge on any atom is 0.226 e. The van der Waals surface area contributed by atoms with Gasteiger partial charge in [0.25, 0.3) is 0 Å². The Hall–Kier alpha value is -2.15. The fourth-order valence-corrected chi connectivity index (χ4v) is 1.97. The Morgan fingerprint density at radius 2 is 2.29 bits per heavy atom. The van der Waals surface area contributed by atoms with Crippen LogP contribution >= 0.6 is 0 Å². The summed E-state index contributed by atoms with van der Waals surface area (Å²) in [5.41, 5.74) is 1.14. The Kier molecular flexibility index (Phi) is 5.10. The van der Waals surface area contributed by atoms with Gasteiger partial charge in [-0.2, -0.15) is 5.10 Å². The second-order valence-electron chi connectivity index (χ2n) is 5.22. The molecular weight excluding hydrogens is 270 g/mol. The summed E-state index contributed by atoms with van der Waals surface area (Å²) in [6.07, 6.45) is 4.21. The number of nitrogens with zero attached hydrogens (tertiary/aromatic N) is 3. The van der Waals surface area contributed by atoms with Crippen LogP contribution in [0.25, 0.3) is 0 Å². The van der Waals surface area contributed by atoms with Crippen LogP contribution in [0.15, 0.2) is 23.0 Å². The zero-order chi connectivity index (χ0) is 15.2. The molecule has 0 spiro atoms. The highest BCUT2D eigenvalue weighted by molar-refractivity contribution is 5.89. The summed E-state index contributed by atoms with van der Waals surface area (Å²) in [4.78, 5) is 11.7. The van der Waals surface area contributed by atoms with Crippen LogP contribution in [-0.4, -0.2) is 33.4 Å². The monoisotopic (exact) mass is 291 g/mol. The van der Waals surface area contributed by atoms with Crippen molar-refractivity contribution in [2.24, 2.45) is 0 Å². The first-order valence-electron chi connectivity index (χ1n) is 6.98. The Labute approximate surface area is 123 Å². The van der Waals surface area contributed by atoms with Crippen LogP contribution in [0.5, 0.6) is 0 Å². The van der Waals surface area contributed by atoms with E-state index in [9.17, 15) is 4.79 Å². The molecule has 0 aromatic carbocycles. The molecule has 0 aliphatic rings. The van der Waals surface area contributed by atoms with Crippen LogP contribution in [0.1, 0.15) is 24.7 Å². The Morgan fingerprint density at radius 1 is 1.48 bits per heavy atom. The normalized spacial score (nSPS) is 12.3. The van der Waals surface area contributed by atoms with Crippen molar-refractivity contribution in [3.63, 3.8) is 0 Å². The van der Waals surface area contributed by atoms with Crippen molar-refractivity contribution in [2.75, 3.05) is 11.9 Å². The number of carbonyl (C=O) groups excluding carboxylic acids is 1. The lowest BCUT2D eigenvalue weighted by atomic mass is 10.3. The van der Waals surface area contributed by atoms with E-state index in [0.29, 0.717) is 24.5 Å². The summed E-state index contributed by atoms with van der Waals surface area (Å²) in [5.74, 6) is 1.04. The van der Waals surface area contributed by atoms with Crippen LogP contribution in [0.2, 0.25) is 0 Å². The lowest BCUT2D eigenvalue weighted by Crippen LogP contribution is -2.33. The number of hydrogen-bond acceptors (Lipinski definition) is 5. The Morgan fingerprint density at radius 3 is 2.90 bits per heavy atom. The standard InChI is InChI=1S/C14H21N5O2/c1-10-7-16-19(8-10)9-11(2)15-5-4-14(20)17-13-6-12(3)21-18-13/h6-8,11,15H,4-5,9H2,1-3H3,(H,17,18,20)/t11-/m0/s1. The molecule has 2 N–H and O–H groups in total. The van der Waals surface area contributed by atoms with Gasteiger partial charge in [-0.25, -0.2) is 0 Å². The zero-order valence-corrected chi connectivity index (χ0v) is 12.6. The fraction of sp³-hybridized carbons (Fsp3) is 0.500. The molecule has 2 aromatic rings. The summed E-state index contributed by atoms with van der Waals surface area (Å²) in [7, 11) is 0. The smallest absolute Gasteiger partial charge is 0.226 e. The molecular formula is C14H21N5O2. The van der Waals surface area contributed by atoms with Crippen LogP contribution in [0, 0.1) is 13.8 Å². The van der Waals surface area contributed by atoms with Gasteiger partial charge in [0.2, 0.25) is 5.91 Å². The van der Waals surface area contributed by atoms with E-state index >= 15 is 0 Å². The molecule has 0 fully saturated rings. The fourth-order valence-electron chi connectivity index (χ4n) is 1.97. The van der Waals surface area contributed by atoms with E-state index in [0.717, 1.165) is 12.1 Å². The number of hydrogen-bond donors (Lipinski definition) is 2. The van der Waals surface area contributed by atoms with Crippen molar-refractivity contribution in [3.05, 3.63) is 29.8 Å². The molecule has 2 heterocycles. The molecule has 21 heavy (non-hydrogen) atoms. The number of carbonyl (C=O) groups is 1. The summed E-state index contributed by atoms with van der Waals surface area (Å²) in [6, 6.07) is 1.93. The van der Waals surface area contributed by atoms with Gasteiger partial charge >= 0.3 is 0 Å². The van der Waals surface area contributed by atoms with Gasteiger partial charge in [-0.05, 0) is 26.3 Å². The molecule has 114 valence electrons. The van der Waals surface area contributed by atoms with Gasteiger partial charge in [0.15, 0.2) is 5.82 Å². The molecule has 0 aliphatic heterocycles. The zero-order valence-electron chi connectivity index (χ0n) is 12.6. The van der Waals surface area contributed by atoms with Gasteiger partial charge in [0.05, 0.1) is 12.7 Å². The van der Waals surface area contributed by atoms with E-state index in [1.165, 1.54) is 0 Å². The van der Waals surface area contributed by atoms with Crippen molar-refractivity contribution >= 4 is 11.7 Å². The quantitative estimate of drug-likeness (QED) is 0.807. The number of nitrogens with one attached hydrogen (secondary N) is 2. The molecule has 2 aromatic heterocycles. The highest BCUT2D eigenvalue weighted by Crippen LogP contribution is 2.07. The maximum absolute atomic E-state index is 11.7. The topological polar surface area (TPSA) is 85.0 Å². The van der Waals surface area contributed by atoms with Crippen LogP contribution in [0.3, 0.4) is 0 Å². The molecule has 1 atom stereocenters. The number of aryl methyl sites for hydroxylation is 2. The highest BCUT2D eigenvalue weighted by Gasteiger charge is 2.08. The van der Waals surface area contributed by atoms with Gasteiger partial charge in [-0.15, -0.1) is 0 Å². The Balaban J connectivity index is 1.65. The lowest BCUT2D eigenvalue weighted by Gasteiger charge is -2.13. The average Bonchev–Trinajstić information content (AvgIpc) is 2.98. The largest absolute Gasteiger partial charge is 0.360 e. The van der Waals surface area contributed by atoms with Crippen molar-refractivity contribution in [1.82, 2.24) is 20.3 Å². The first kappa shape index (κ1) is 15.2. The van der Waals surface area contributed by atoms with Gasteiger partial charge < -0.3 is 15.2 Å². The predicted octanol–water partition coefficient (Wildman–Crippen LogP) is 1.49. The van der Waals surface area contributed by atoms with Crippen LogP contribution in [-0.2, 0) is 11.3 Å². The molecule has 0 radical (unpaired) electrons. The molecule has 0 saturated carbocycles. The van der Waals surface area contributed by atoms with Crippen molar-refractivity contribution in [3.8, 4) is 0 Å². The molecule has 0 bridgehead atoms. The first-order valence-corrected chi connectivity index (χ1v) is 6.98. The molecule has 0 aliphatic carbocycles. The molecule has 0 unspecified atom stereocenters. The second-order valence-corrected chi connectivity index (χ2v) is 5.22. The first-order chi connectivity index (χ1) is 10.0. The number of rotatable bonds is 7. The third-order valence-electron chi connectivity index (χ3n) is 2.96. The Bertz CT molecular complexity index is 590. The number of anilines is 1. The highest BCUT2D eigenvalue weighted by atomic mass is 16.5. The van der Waals surface area contributed by atoms with Crippen LogP contribution < -0.4 is 10.6 Å². The van der Waals surface area contributed by atoms with E-state index in [4.69, 9.17) is 4.52 Å². The minimum absolute atomic E-state index is 0.0852. The molecule has 2 rings (SSSR count). The van der Waals surface area contributed by atoms with Crippen LogP contribution in [0.4, 0.5) is 5.82 Å². The van der Waals surface area contributed by atoms with E-state index in [-0.39, 0.29) is 11.9 Å². The van der Waals surface area contributed by atoms with Gasteiger partial charge in [-0.3, -0.25) is 9.48 Å². The summed E-state index contributed by atoms with van der Waals surface area (Å²) < 4.78 is 6.78.